The zero-order chi connectivity index (χ0) is 19.6. The summed E-state index contributed by atoms with van der Waals surface area (Å²) in [5.74, 6) is -0.340. The van der Waals surface area contributed by atoms with E-state index in [0.717, 1.165) is 23.9 Å². The summed E-state index contributed by atoms with van der Waals surface area (Å²) in [7, 11) is 0. The Bertz CT molecular complexity index is 1040. The van der Waals surface area contributed by atoms with Crippen molar-refractivity contribution in [3.63, 3.8) is 0 Å². The molecule has 0 spiro atoms. The number of hydrogen-bond donors (Lipinski definition) is 1. The average Bonchev–Trinajstić information content (AvgIpc) is 2.60. The number of benzene rings is 2. The molecule has 3 aromatic rings. The maximum atomic E-state index is 12.7. The standard InChI is InChI=1S/C21H17F3N2O/c1-13-9-15(10-14(2)21(22,23)24)7-8-18(13)20(27)26-17-11-16-5-3-4-6-19(16)25-12-17/h3-12H,1-2H3,(H,26,27)/b14-10+. The van der Waals surface area contributed by atoms with Crippen molar-refractivity contribution in [2.75, 3.05) is 5.32 Å². The molecule has 1 N–H and O–H groups in total. The van der Waals surface area contributed by atoms with Gasteiger partial charge >= 0.3 is 6.18 Å². The van der Waals surface area contributed by atoms with Crippen LogP contribution in [0.1, 0.15) is 28.4 Å². The second-order valence-corrected chi connectivity index (χ2v) is 6.27. The van der Waals surface area contributed by atoms with Crippen molar-refractivity contribution < 1.29 is 18.0 Å². The number of fused-ring (bicyclic) bond motifs is 1. The van der Waals surface area contributed by atoms with Crippen LogP contribution in [-0.2, 0) is 0 Å². The largest absolute Gasteiger partial charge is 0.412 e. The van der Waals surface area contributed by atoms with E-state index in [-0.39, 0.29) is 5.91 Å². The normalized spacial score (nSPS) is 12.3. The first-order valence-electron chi connectivity index (χ1n) is 8.26. The molecule has 138 valence electrons. The van der Waals surface area contributed by atoms with Crippen LogP contribution in [0.25, 0.3) is 17.0 Å². The lowest BCUT2D eigenvalue weighted by molar-refractivity contribution is -0.0903. The van der Waals surface area contributed by atoms with Crippen LogP contribution < -0.4 is 5.32 Å². The van der Waals surface area contributed by atoms with Crippen LogP contribution in [0.15, 0.2) is 60.3 Å². The van der Waals surface area contributed by atoms with E-state index in [2.05, 4.69) is 10.3 Å². The summed E-state index contributed by atoms with van der Waals surface area (Å²) in [6.45, 7) is 2.70. The number of nitrogens with zero attached hydrogens (tertiary/aromatic N) is 1. The molecule has 2 aromatic carbocycles. The third kappa shape index (κ3) is 4.34. The molecule has 0 fully saturated rings. The maximum absolute atomic E-state index is 12.7. The predicted molar refractivity (Wildman–Crippen MR) is 101 cm³/mol. The Morgan fingerprint density at radius 1 is 1.11 bits per heavy atom. The Morgan fingerprint density at radius 2 is 1.85 bits per heavy atom. The highest BCUT2D eigenvalue weighted by Crippen LogP contribution is 2.27. The van der Waals surface area contributed by atoms with Crippen molar-refractivity contribution in [3.05, 3.63) is 77.0 Å². The summed E-state index contributed by atoms with van der Waals surface area (Å²) in [6, 6.07) is 13.9. The van der Waals surface area contributed by atoms with Crippen molar-refractivity contribution in [1.82, 2.24) is 4.98 Å². The summed E-state index contributed by atoms with van der Waals surface area (Å²) in [4.78, 5) is 16.8. The minimum Gasteiger partial charge on any atom is -0.321 e. The van der Waals surface area contributed by atoms with Crippen LogP contribution in [0.2, 0.25) is 0 Å². The smallest absolute Gasteiger partial charge is 0.321 e. The molecule has 27 heavy (non-hydrogen) atoms. The molecule has 0 aliphatic heterocycles. The number of aromatic nitrogens is 1. The van der Waals surface area contributed by atoms with Gasteiger partial charge in [-0.25, -0.2) is 0 Å². The van der Waals surface area contributed by atoms with Gasteiger partial charge in [0.25, 0.3) is 5.91 Å². The molecule has 3 nitrogen and oxygen atoms in total. The molecule has 0 aliphatic rings. The zero-order valence-electron chi connectivity index (χ0n) is 14.8. The molecule has 0 aliphatic carbocycles. The fraction of sp³-hybridized carbons (Fsp3) is 0.143. The van der Waals surface area contributed by atoms with Crippen molar-refractivity contribution in [3.8, 4) is 0 Å². The highest BCUT2D eigenvalue weighted by molar-refractivity contribution is 6.06. The number of pyridine rings is 1. The van der Waals surface area contributed by atoms with Gasteiger partial charge in [-0.3, -0.25) is 9.78 Å². The minimum atomic E-state index is -4.37. The van der Waals surface area contributed by atoms with Crippen molar-refractivity contribution >= 4 is 28.6 Å². The lowest BCUT2D eigenvalue weighted by Gasteiger charge is -2.10. The number of rotatable bonds is 3. The van der Waals surface area contributed by atoms with Gasteiger partial charge in [0.1, 0.15) is 0 Å². The number of carbonyl (C=O) groups excluding carboxylic acids is 1. The van der Waals surface area contributed by atoms with Gasteiger partial charge in [0, 0.05) is 16.5 Å². The topological polar surface area (TPSA) is 42.0 Å². The highest BCUT2D eigenvalue weighted by atomic mass is 19.4. The SMILES string of the molecule is C/C(=C\c1ccc(C(=O)Nc2cnc3ccccc3c2)c(C)c1)C(F)(F)F. The number of para-hydroxylation sites is 1. The maximum Gasteiger partial charge on any atom is 0.412 e. The number of carbonyl (C=O) groups is 1. The third-order valence-electron chi connectivity index (χ3n) is 4.17. The lowest BCUT2D eigenvalue weighted by atomic mass is 10.0. The molecular weight excluding hydrogens is 353 g/mol. The van der Waals surface area contributed by atoms with E-state index in [1.54, 1.807) is 19.2 Å². The van der Waals surface area contributed by atoms with E-state index in [1.165, 1.54) is 12.1 Å². The molecule has 0 saturated carbocycles. The van der Waals surface area contributed by atoms with Gasteiger partial charge in [-0.2, -0.15) is 13.2 Å². The molecule has 3 rings (SSSR count). The van der Waals surface area contributed by atoms with Gasteiger partial charge in [0.2, 0.25) is 0 Å². The number of alkyl halides is 3. The number of nitrogens with one attached hydrogen (secondary N) is 1. The molecule has 0 atom stereocenters. The summed E-state index contributed by atoms with van der Waals surface area (Å²) >= 11 is 0. The van der Waals surface area contributed by atoms with Crippen molar-refractivity contribution in [2.24, 2.45) is 0 Å². The first-order valence-corrected chi connectivity index (χ1v) is 8.26. The van der Waals surface area contributed by atoms with Crippen LogP contribution in [0, 0.1) is 6.92 Å². The van der Waals surface area contributed by atoms with Crippen LogP contribution >= 0.6 is 0 Å². The zero-order valence-corrected chi connectivity index (χ0v) is 14.8. The Morgan fingerprint density at radius 3 is 2.56 bits per heavy atom. The van der Waals surface area contributed by atoms with E-state index < -0.39 is 11.7 Å². The fourth-order valence-electron chi connectivity index (χ4n) is 2.70. The van der Waals surface area contributed by atoms with Gasteiger partial charge in [0.05, 0.1) is 17.4 Å². The van der Waals surface area contributed by atoms with Gasteiger partial charge in [0.15, 0.2) is 0 Å². The summed E-state index contributed by atoms with van der Waals surface area (Å²) in [6.07, 6.45) is -1.74. The monoisotopic (exact) mass is 370 g/mol. The Labute approximate surface area is 154 Å². The highest BCUT2D eigenvalue weighted by Gasteiger charge is 2.29. The summed E-state index contributed by atoms with van der Waals surface area (Å²) in [5, 5.41) is 3.68. The molecule has 0 saturated heterocycles. The Kier molecular flexibility index (Phi) is 4.99. The van der Waals surface area contributed by atoms with Crippen LogP contribution in [0.4, 0.5) is 18.9 Å². The molecular formula is C21H17F3N2O. The van der Waals surface area contributed by atoms with Gasteiger partial charge in [-0.05, 0) is 49.2 Å². The number of allylic oxidation sites excluding steroid dienone is 1. The first kappa shape index (κ1) is 18.6. The second kappa shape index (κ2) is 7.23. The molecule has 1 aromatic heterocycles. The molecule has 6 heteroatoms. The number of hydrogen-bond acceptors (Lipinski definition) is 2. The first-order chi connectivity index (χ1) is 12.7. The van der Waals surface area contributed by atoms with E-state index in [0.29, 0.717) is 22.4 Å². The number of halogens is 3. The number of aryl methyl sites for hydroxylation is 1. The van der Waals surface area contributed by atoms with E-state index in [9.17, 15) is 18.0 Å². The Balaban J connectivity index is 1.82. The van der Waals surface area contributed by atoms with Gasteiger partial charge in [-0.1, -0.05) is 30.3 Å². The van der Waals surface area contributed by atoms with E-state index in [4.69, 9.17) is 0 Å². The molecule has 0 radical (unpaired) electrons. The Hall–Kier alpha value is -3.15. The summed E-state index contributed by atoms with van der Waals surface area (Å²) < 4.78 is 38.0. The molecule has 0 bridgehead atoms. The fourth-order valence-corrected chi connectivity index (χ4v) is 2.70. The number of amides is 1. The van der Waals surface area contributed by atoms with E-state index in [1.807, 2.05) is 30.3 Å². The lowest BCUT2D eigenvalue weighted by Crippen LogP contribution is -2.13. The molecule has 1 amide bonds. The van der Waals surface area contributed by atoms with Crippen molar-refractivity contribution in [2.45, 2.75) is 20.0 Å². The van der Waals surface area contributed by atoms with Gasteiger partial charge < -0.3 is 5.32 Å². The quantitative estimate of drug-likeness (QED) is 0.637. The third-order valence-corrected chi connectivity index (χ3v) is 4.17. The average molecular weight is 370 g/mol. The van der Waals surface area contributed by atoms with Crippen LogP contribution in [0.5, 0.6) is 0 Å². The van der Waals surface area contributed by atoms with Crippen LogP contribution in [0.3, 0.4) is 0 Å². The second-order valence-electron chi connectivity index (χ2n) is 6.27. The molecule has 0 unspecified atom stereocenters. The number of anilines is 1. The van der Waals surface area contributed by atoms with E-state index >= 15 is 0 Å². The minimum absolute atomic E-state index is 0.340. The van der Waals surface area contributed by atoms with Crippen molar-refractivity contribution in [1.29, 1.82) is 0 Å². The summed E-state index contributed by atoms with van der Waals surface area (Å²) in [5.41, 5.74) is 2.06. The molecule has 1 heterocycles. The predicted octanol–water partition coefficient (Wildman–Crippen LogP) is 5.76. The van der Waals surface area contributed by atoms with Crippen LogP contribution in [-0.4, -0.2) is 17.1 Å². The van der Waals surface area contributed by atoms with Gasteiger partial charge in [-0.15, -0.1) is 0 Å².